The first-order valence-corrected chi connectivity index (χ1v) is 16.7. The van der Waals surface area contributed by atoms with Gasteiger partial charge < -0.3 is 30.0 Å². The van der Waals surface area contributed by atoms with E-state index in [9.17, 15) is 14.4 Å². The normalized spacial score (nSPS) is 17.7. The first-order chi connectivity index (χ1) is 22.7. The summed E-state index contributed by atoms with van der Waals surface area (Å²) in [4.78, 5) is 53.4. The minimum absolute atomic E-state index is 0.0189. The predicted molar refractivity (Wildman–Crippen MR) is 186 cm³/mol. The number of para-hydroxylation sites is 3. The maximum Gasteiger partial charge on any atom is 0.326 e. The molecule has 0 unspecified atom stereocenters. The molecular weight excluding hydrogens is 614 g/mol. The third-order valence-electron chi connectivity index (χ3n) is 9.61. The Balaban J connectivity index is 1.14. The van der Waals surface area contributed by atoms with Crippen LogP contribution in [0.3, 0.4) is 0 Å². The summed E-state index contributed by atoms with van der Waals surface area (Å²) in [5.74, 6) is 0.0786. The monoisotopic (exact) mass is 653 g/mol. The largest absolute Gasteiger partial charge is 0.361 e. The summed E-state index contributed by atoms with van der Waals surface area (Å²) in [6.07, 6.45) is 4.39. The number of aromatic nitrogens is 3. The second-order valence-electron chi connectivity index (χ2n) is 13.2. The molecule has 0 radical (unpaired) electrons. The topological polar surface area (TPSA) is 109 Å². The van der Waals surface area contributed by atoms with Crippen LogP contribution in [0.4, 0.5) is 10.5 Å². The summed E-state index contributed by atoms with van der Waals surface area (Å²) in [5.41, 5.74) is 5.38. The van der Waals surface area contributed by atoms with Crippen molar-refractivity contribution in [1.82, 2.24) is 29.7 Å². The molecule has 7 rings (SSSR count). The first kappa shape index (κ1) is 31.1. The molecule has 3 amide bonds. The highest BCUT2D eigenvalue weighted by Crippen LogP contribution is 2.34. The molecule has 0 aliphatic carbocycles. The number of hydrogen-bond acceptors (Lipinski definition) is 4. The molecular formula is C36H40ClN7O3. The van der Waals surface area contributed by atoms with Gasteiger partial charge in [-0.05, 0) is 80.7 Å². The molecule has 2 aliphatic rings. The Labute approximate surface area is 278 Å². The highest BCUT2D eigenvalue weighted by Gasteiger charge is 2.35. The van der Waals surface area contributed by atoms with E-state index in [-0.39, 0.29) is 29.6 Å². The van der Waals surface area contributed by atoms with E-state index in [0.717, 1.165) is 51.7 Å². The third-order valence-corrected chi connectivity index (χ3v) is 9.85. The number of nitrogens with one attached hydrogen (secondary N) is 3. The fourth-order valence-corrected chi connectivity index (χ4v) is 7.62. The lowest BCUT2D eigenvalue weighted by atomic mass is 9.91. The van der Waals surface area contributed by atoms with Crippen LogP contribution >= 0.6 is 11.6 Å². The number of anilines is 1. The van der Waals surface area contributed by atoms with E-state index >= 15 is 0 Å². The van der Waals surface area contributed by atoms with Gasteiger partial charge in [0.15, 0.2) is 0 Å². The molecule has 2 aliphatic heterocycles. The van der Waals surface area contributed by atoms with E-state index in [1.165, 1.54) is 0 Å². The number of imidazole rings is 1. The average Bonchev–Trinajstić information content (AvgIpc) is 3.63. The summed E-state index contributed by atoms with van der Waals surface area (Å²) < 4.78 is 1.82. The van der Waals surface area contributed by atoms with Gasteiger partial charge in [-0.1, -0.05) is 48.0 Å². The second-order valence-corrected chi connectivity index (χ2v) is 13.6. The molecule has 10 nitrogen and oxygen atoms in total. The summed E-state index contributed by atoms with van der Waals surface area (Å²) in [6, 6.07) is 20.3. The van der Waals surface area contributed by atoms with Gasteiger partial charge >= 0.3 is 11.7 Å². The number of piperidine rings is 1. The van der Waals surface area contributed by atoms with Gasteiger partial charge in [0.1, 0.15) is 6.04 Å². The molecule has 2 aromatic heterocycles. The Hall–Kier alpha value is -4.54. The number of benzene rings is 3. The van der Waals surface area contributed by atoms with Gasteiger partial charge in [0.2, 0.25) is 5.91 Å². The van der Waals surface area contributed by atoms with Crippen molar-refractivity contribution < 1.29 is 9.59 Å². The van der Waals surface area contributed by atoms with Crippen LogP contribution in [0.25, 0.3) is 21.9 Å². The smallest absolute Gasteiger partial charge is 0.326 e. The van der Waals surface area contributed by atoms with Crippen molar-refractivity contribution in [2.24, 2.45) is 5.92 Å². The summed E-state index contributed by atoms with van der Waals surface area (Å²) in [5, 5.41) is 4.74. The molecule has 3 N–H and O–H groups in total. The zero-order chi connectivity index (χ0) is 32.7. The van der Waals surface area contributed by atoms with Crippen LogP contribution in [0.5, 0.6) is 0 Å². The van der Waals surface area contributed by atoms with E-state index < -0.39 is 6.04 Å². The Morgan fingerprint density at radius 3 is 2.55 bits per heavy atom. The van der Waals surface area contributed by atoms with Crippen LogP contribution in [-0.4, -0.2) is 82.6 Å². The standard InChI is InChI=1S/C36H40ClN7O3/c1-41(2)21-23-17-24-11-12-26(37)19-33(24)43(22-23)34(45)31(18-25-20-38-29-8-4-3-7-28(25)29)40-35(46)42-15-13-27(14-16-42)44-32-10-6-5-9-30(32)39-36(44)47/h3-12,19-20,23,27,31,38H,13-18,21-22H2,1-2H3,(H,39,47)(H,40,46)/t23-,31-/m1/s1. The number of aromatic amines is 2. The minimum Gasteiger partial charge on any atom is -0.361 e. The second kappa shape index (κ2) is 12.9. The van der Waals surface area contributed by atoms with Gasteiger partial charge in [-0.25, -0.2) is 9.59 Å². The van der Waals surface area contributed by atoms with Crippen molar-refractivity contribution in [2.75, 3.05) is 45.2 Å². The maximum absolute atomic E-state index is 14.6. The van der Waals surface area contributed by atoms with E-state index in [1.54, 1.807) is 4.90 Å². The van der Waals surface area contributed by atoms with Crippen molar-refractivity contribution in [3.05, 3.63) is 99.6 Å². The molecule has 4 heterocycles. The van der Waals surface area contributed by atoms with Crippen molar-refractivity contribution in [3.8, 4) is 0 Å². The average molecular weight is 654 g/mol. The number of amides is 3. The molecule has 1 saturated heterocycles. The molecule has 0 spiro atoms. The molecule has 1 fully saturated rings. The number of hydrogen-bond donors (Lipinski definition) is 3. The Morgan fingerprint density at radius 2 is 1.77 bits per heavy atom. The summed E-state index contributed by atoms with van der Waals surface area (Å²) in [7, 11) is 4.09. The number of rotatable bonds is 7. The third kappa shape index (κ3) is 6.27. The van der Waals surface area contributed by atoms with Gasteiger partial charge in [-0.15, -0.1) is 0 Å². The maximum atomic E-state index is 14.6. The highest BCUT2D eigenvalue weighted by atomic mass is 35.5. The Kier molecular flexibility index (Phi) is 8.55. The van der Waals surface area contributed by atoms with Crippen molar-refractivity contribution in [2.45, 2.75) is 37.8 Å². The van der Waals surface area contributed by atoms with Crippen LogP contribution in [0.1, 0.15) is 30.0 Å². The number of nitrogens with zero attached hydrogens (tertiary/aromatic N) is 4. The van der Waals surface area contributed by atoms with Gasteiger partial charge in [0, 0.05) is 66.5 Å². The van der Waals surface area contributed by atoms with Crippen molar-refractivity contribution in [1.29, 1.82) is 0 Å². The van der Waals surface area contributed by atoms with Crippen molar-refractivity contribution in [3.63, 3.8) is 0 Å². The quantitative estimate of drug-likeness (QED) is 0.225. The van der Waals surface area contributed by atoms with E-state index in [4.69, 9.17) is 11.6 Å². The zero-order valence-corrected chi connectivity index (χ0v) is 27.5. The number of likely N-dealkylation sites (tertiary alicyclic amines) is 1. The van der Waals surface area contributed by atoms with Crippen LogP contribution in [-0.2, 0) is 17.6 Å². The molecule has 244 valence electrons. The fraction of sp³-hybridized carbons (Fsp3) is 0.361. The van der Waals surface area contributed by atoms with E-state index in [0.29, 0.717) is 43.9 Å². The number of carbonyl (C=O) groups excluding carboxylic acids is 2. The highest BCUT2D eigenvalue weighted by molar-refractivity contribution is 6.31. The van der Waals surface area contributed by atoms with E-state index in [2.05, 4.69) is 20.2 Å². The summed E-state index contributed by atoms with van der Waals surface area (Å²) in [6.45, 7) is 2.32. The molecule has 47 heavy (non-hydrogen) atoms. The Bertz CT molecular complexity index is 1990. The zero-order valence-electron chi connectivity index (χ0n) is 26.7. The minimum atomic E-state index is -0.805. The number of H-pyrrole nitrogens is 2. The number of carbonyl (C=O) groups is 2. The summed E-state index contributed by atoms with van der Waals surface area (Å²) >= 11 is 6.45. The Morgan fingerprint density at radius 1 is 1.02 bits per heavy atom. The number of urea groups is 1. The molecule has 2 atom stereocenters. The molecule has 11 heteroatoms. The van der Waals surface area contributed by atoms with Crippen molar-refractivity contribution >= 4 is 51.2 Å². The molecule has 0 saturated carbocycles. The van der Waals surface area contributed by atoms with Crippen LogP contribution in [0, 0.1) is 5.92 Å². The van der Waals surface area contributed by atoms with Crippen LogP contribution in [0.2, 0.25) is 5.02 Å². The lowest BCUT2D eigenvalue weighted by molar-refractivity contribution is -0.120. The SMILES string of the molecule is CN(C)C[C@H]1Cc2ccc(Cl)cc2N(C(=O)[C@@H](Cc2c[nH]c3ccccc23)NC(=O)N2CCC(n3c(=O)[nH]c4ccccc43)CC2)C1. The molecule has 5 aromatic rings. The van der Waals surface area contributed by atoms with Crippen LogP contribution in [0.15, 0.2) is 77.7 Å². The number of fused-ring (bicyclic) bond motifs is 3. The van der Waals surface area contributed by atoms with E-state index in [1.807, 2.05) is 96.5 Å². The van der Waals surface area contributed by atoms with Gasteiger partial charge in [0.05, 0.1) is 11.0 Å². The lowest BCUT2D eigenvalue weighted by Gasteiger charge is -2.38. The molecule has 0 bridgehead atoms. The number of halogens is 1. The van der Waals surface area contributed by atoms with Crippen LogP contribution < -0.4 is 15.9 Å². The first-order valence-electron chi connectivity index (χ1n) is 16.3. The lowest BCUT2D eigenvalue weighted by Crippen LogP contribution is -2.56. The predicted octanol–water partition coefficient (Wildman–Crippen LogP) is 5.19. The molecule has 3 aromatic carbocycles. The van der Waals surface area contributed by atoms with Gasteiger partial charge in [-0.3, -0.25) is 9.36 Å². The van der Waals surface area contributed by atoms with Gasteiger partial charge in [-0.2, -0.15) is 0 Å². The fourth-order valence-electron chi connectivity index (χ4n) is 7.45. The van der Waals surface area contributed by atoms with Gasteiger partial charge in [0.25, 0.3) is 0 Å².